The number of ether oxygens (including phenoxy) is 1. The smallest absolute Gasteiger partial charge is 0.226 e. The fourth-order valence-electron chi connectivity index (χ4n) is 1.69. The van der Waals surface area contributed by atoms with Crippen LogP contribution < -0.4 is 4.74 Å². The van der Waals surface area contributed by atoms with E-state index in [0.717, 1.165) is 16.1 Å². The van der Waals surface area contributed by atoms with Crippen molar-refractivity contribution in [3.8, 4) is 16.5 Å². The van der Waals surface area contributed by atoms with Crippen LogP contribution >= 0.6 is 11.5 Å². The summed E-state index contributed by atoms with van der Waals surface area (Å²) in [5.41, 5.74) is 2.06. The Bertz CT molecular complexity index is 638. The average Bonchev–Trinajstić information content (AvgIpc) is 2.96. The van der Waals surface area contributed by atoms with Gasteiger partial charge in [0.15, 0.2) is 0 Å². The Morgan fingerprint density at radius 3 is 2.63 bits per heavy atom. The molecular formula is C15H12N2OS. The number of hydrogen-bond donors (Lipinski definition) is 0. The first kappa shape index (κ1) is 11.9. The third-order valence-electron chi connectivity index (χ3n) is 2.64. The molecule has 1 aromatic carbocycles. The van der Waals surface area contributed by atoms with E-state index in [4.69, 9.17) is 4.74 Å². The molecule has 0 aliphatic rings. The highest BCUT2D eigenvalue weighted by Gasteiger charge is 2.06. The van der Waals surface area contributed by atoms with Gasteiger partial charge in [-0.05, 0) is 29.2 Å². The quantitative estimate of drug-likeness (QED) is 0.722. The molecule has 3 rings (SSSR count). The van der Waals surface area contributed by atoms with Crippen LogP contribution in [-0.2, 0) is 6.61 Å². The zero-order chi connectivity index (χ0) is 12.9. The van der Waals surface area contributed by atoms with Crippen molar-refractivity contribution in [2.45, 2.75) is 6.61 Å². The van der Waals surface area contributed by atoms with Crippen LogP contribution in [0.3, 0.4) is 0 Å². The molecule has 0 aliphatic carbocycles. The number of nitrogens with zero attached hydrogens (tertiary/aromatic N) is 2. The number of aromatic nitrogens is 2. The van der Waals surface area contributed by atoms with Crippen LogP contribution in [0.5, 0.6) is 5.88 Å². The van der Waals surface area contributed by atoms with Crippen LogP contribution in [0.2, 0.25) is 0 Å². The number of hydrogen-bond acceptors (Lipinski definition) is 4. The standard InChI is InChI=1S/C15H12N2OS/c1-2-6-12(7-3-1)11-18-15-10-14(19-17-15)13-8-4-5-9-16-13/h1-10H,11H2. The van der Waals surface area contributed by atoms with E-state index in [-0.39, 0.29) is 0 Å². The predicted octanol–water partition coefficient (Wildman–Crippen LogP) is 3.78. The summed E-state index contributed by atoms with van der Waals surface area (Å²) in [7, 11) is 0. The van der Waals surface area contributed by atoms with Crippen molar-refractivity contribution in [3.05, 3.63) is 66.4 Å². The SMILES string of the molecule is c1ccc(COc2cc(-c3ccccn3)sn2)cc1. The molecule has 0 bridgehead atoms. The molecule has 19 heavy (non-hydrogen) atoms. The van der Waals surface area contributed by atoms with Crippen LogP contribution in [0.1, 0.15) is 5.56 Å². The van der Waals surface area contributed by atoms with Crippen LogP contribution in [0, 0.1) is 0 Å². The minimum atomic E-state index is 0.534. The van der Waals surface area contributed by atoms with Gasteiger partial charge in [0, 0.05) is 12.3 Å². The Hall–Kier alpha value is -2.20. The molecule has 2 heterocycles. The lowest BCUT2D eigenvalue weighted by molar-refractivity contribution is 0.297. The van der Waals surface area contributed by atoms with E-state index in [1.54, 1.807) is 6.20 Å². The fourth-order valence-corrected chi connectivity index (χ4v) is 2.35. The van der Waals surface area contributed by atoms with Gasteiger partial charge in [-0.2, -0.15) is 4.37 Å². The largest absolute Gasteiger partial charge is 0.472 e. The lowest BCUT2D eigenvalue weighted by Gasteiger charge is -2.01. The van der Waals surface area contributed by atoms with E-state index in [1.165, 1.54) is 11.5 Å². The van der Waals surface area contributed by atoms with Crippen LogP contribution in [0.4, 0.5) is 0 Å². The van der Waals surface area contributed by atoms with Crippen LogP contribution in [0.25, 0.3) is 10.6 Å². The molecule has 0 amide bonds. The lowest BCUT2D eigenvalue weighted by atomic mass is 10.2. The second kappa shape index (κ2) is 5.63. The lowest BCUT2D eigenvalue weighted by Crippen LogP contribution is -1.94. The monoisotopic (exact) mass is 268 g/mol. The highest BCUT2D eigenvalue weighted by molar-refractivity contribution is 7.09. The van der Waals surface area contributed by atoms with Gasteiger partial charge in [-0.3, -0.25) is 4.98 Å². The zero-order valence-electron chi connectivity index (χ0n) is 10.2. The summed E-state index contributed by atoms with van der Waals surface area (Å²) in [6.45, 7) is 0.534. The van der Waals surface area contributed by atoms with Gasteiger partial charge in [0.25, 0.3) is 0 Å². The van der Waals surface area contributed by atoms with Gasteiger partial charge in [-0.1, -0.05) is 36.4 Å². The van der Waals surface area contributed by atoms with Gasteiger partial charge in [-0.15, -0.1) is 0 Å². The Morgan fingerprint density at radius 1 is 1.00 bits per heavy atom. The topological polar surface area (TPSA) is 35.0 Å². The minimum absolute atomic E-state index is 0.534. The van der Waals surface area contributed by atoms with Crippen molar-refractivity contribution in [2.24, 2.45) is 0 Å². The van der Waals surface area contributed by atoms with Gasteiger partial charge in [0.2, 0.25) is 5.88 Å². The summed E-state index contributed by atoms with van der Waals surface area (Å²) >= 11 is 1.40. The van der Waals surface area contributed by atoms with E-state index in [1.807, 2.05) is 54.6 Å². The zero-order valence-corrected chi connectivity index (χ0v) is 11.0. The van der Waals surface area contributed by atoms with E-state index < -0.39 is 0 Å². The molecule has 0 atom stereocenters. The highest BCUT2D eigenvalue weighted by Crippen LogP contribution is 2.26. The van der Waals surface area contributed by atoms with Gasteiger partial charge in [0.05, 0.1) is 10.6 Å². The molecule has 0 saturated carbocycles. The minimum Gasteiger partial charge on any atom is -0.472 e. The summed E-state index contributed by atoms with van der Waals surface area (Å²) in [6.07, 6.45) is 1.78. The molecule has 0 fully saturated rings. The van der Waals surface area contributed by atoms with Gasteiger partial charge in [0.1, 0.15) is 6.61 Å². The Kier molecular flexibility index (Phi) is 3.51. The summed E-state index contributed by atoms with van der Waals surface area (Å²) in [4.78, 5) is 5.31. The number of pyridine rings is 1. The van der Waals surface area contributed by atoms with Gasteiger partial charge < -0.3 is 4.74 Å². The first-order valence-corrected chi connectivity index (χ1v) is 6.74. The second-order valence-corrected chi connectivity index (χ2v) is 4.82. The van der Waals surface area contributed by atoms with Gasteiger partial charge in [-0.25, -0.2) is 0 Å². The molecule has 0 N–H and O–H groups in total. The molecule has 2 aromatic heterocycles. The molecule has 0 spiro atoms. The number of rotatable bonds is 4. The van der Waals surface area contributed by atoms with Crippen molar-refractivity contribution >= 4 is 11.5 Å². The number of benzene rings is 1. The Balaban J connectivity index is 1.69. The van der Waals surface area contributed by atoms with Crippen LogP contribution in [-0.4, -0.2) is 9.36 Å². The van der Waals surface area contributed by atoms with Crippen molar-refractivity contribution in [1.29, 1.82) is 0 Å². The van der Waals surface area contributed by atoms with Gasteiger partial charge >= 0.3 is 0 Å². The molecule has 4 heteroatoms. The van der Waals surface area contributed by atoms with Crippen molar-refractivity contribution < 1.29 is 4.74 Å². The van der Waals surface area contributed by atoms with Crippen molar-refractivity contribution in [1.82, 2.24) is 9.36 Å². The van der Waals surface area contributed by atoms with Crippen LogP contribution in [0.15, 0.2) is 60.8 Å². The van der Waals surface area contributed by atoms with Crippen molar-refractivity contribution in [2.75, 3.05) is 0 Å². The Labute approximate surface area is 115 Å². The molecule has 94 valence electrons. The fraction of sp³-hybridized carbons (Fsp3) is 0.0667. The molecular weight excluding hydrogens is 256 g/mol. The highest BCUT2D eigenvalue weighted by atomic mass is 32.1. The second-order valence-electron chi connectivity index (χ2n) is 4.02. The normalized spacial score (nSPS) is 10.3. The molecule has 0 saturated heterocycles. The molecule has 3 nitrogen and oxygen atoms in total. The first-order chi connectivity index (χ1) is 9.42. The van der Waals surface area contributed by atoms with E-state index >= 15 is 0 Å². The molecule has 0 aliphatic heterocycles. The summed E-state index contributed by atoms with van der Waals surface area (Å²) in [5.74, 6) is 0.648. The maximum absolute atomic E-state index is 5.67. The summed E-state index contributed by atoms with van der Waals surface area (Å²) < 4.78 is 9.95. The molecule has 0 unspecified atom stereocenters. The average molecular weight is 268 g/mol. The van der Waals surface area contributed by atoms with E-state index in [9.17, 15) is 0 Å². The maximum Gasteiger partial charge on any atom is 0.226 e. The summed E-state index contributed by atoms with van der Waals surface area (Å²) in [5, 5.41) is 0. The third kappa shape index (κ3) is 2.98. The molecule has 0 radical (unpaired) electrons. The maximum atomic E-state index is 5.67. The molecule has 3 aromatic rings. The van der Waals surface area contributed by atoms with Crippen molar-refractivity contribution in [3.63, 3.8) is 0 Å². The first-order valence-electron chi connectivity index (χ1n) is 5.97. The van der Waals surface area contributed by atoms with E-state index in [0.29, 0.717) is 12.5 Å². The predicted molar refractivity (Wildman–Crippen MR) is 76.1 cm³/mol. The third-order valence-corrected chi connectivity index (χ3v) is 3.43. The summed E-state index contributed by atoms with van der Waals surface area (Å²) in [6, 6.07) is 17.8. The van der Waals surface area contributed by atoms with E-state index in [2.05, 4.69) is 9.36 Å². The Morgan fingerprint density at radius 2 is 1.84 bits per heavy atom.